The fraction of sp³-hybridized carbons (Fsp3) is 0.318. The first-order valence-electron chi connectivity index (χ1n) is 10.3. The van der Waals surface area contributed by atoms with E-state index in [1.54, 1.807) is 10.7 Å². The predicted molar refractivity (Wildman–Crippen MR) is 119 cm³/mol. The minimum absolute atomic E-state index is 0.318. The van der Waals surface area contributed by atoms with Gasteiger partial charge in [-0.25, -0.2) is 14.5 Å². The van der Waals surface area contributed by atoms with E-state index >= 15 is 0 Å². The third kappa shape index (κ3) is 3.50. The average molecular weight is 403 g/mol. The molecule has 0 amide bonds. The second-order valence-corrected chi connectivity index (χ2v) is 8.09. The van der Waals surface area contributed by atoms with E-state index in [0.717, 1.165) is 59.8 Å². The highest BCUT2D eigenvalue weighted by Crippen LogP contribution is 2.33. The Morgan fingerprint density at radius 2 is 1.87 bits per heavy atom. The summed E-state index contributed by atoms with van der Waals surface area (Å²) in [6.45, 7) is 0. The molecule has 1 saturated carbocycles. The highest BCUT2D eigenvalue weighted by molar-refractivity contribution is 5.76. The number of fused-ring (bicyclic) bond motifs is 1. The number of nitrogens with one attached hydrogen (secondary N) is 1. The van der Waals surface area contributed by atoms with Crippen molar-refractivity contribution in [3.63, 3.8) is 0 Å². The number of anilines is 3. The molecule has 1 aliphatic carbocycles. The highest BCUT2D eigenvalue weighted by atomic mass is 15.3. The van der Waals surface area contributed by atoms with Crippen molar-refractivity contribution in [2.75, 3.05) is 11.1 Å². The van der Waals surface area contributed by atoms with Crippen LogP contribution in [0.1, 0.15) is 37.3 Å². The fourth-order valence-corrected chi connectivity index (χ4v) is 4.22. The van der Waals surface area contributed by atoms with Crippen LogP contribution < -0.4 is 16.8 Å². The molecule has 8 heteroatoms. The number of nitrogen functional groups attached to an aromatic ring is 1. The van der Waals surface area contributed by atoms with Gasteiger partial charge in [-0.1, -0.05) is 0 Å². The molecule has 0 spiro atoms. The summed E-state index contributed by atoms with van der Waals surface area (Å²) in [5.41, 5.74) is 16.8. The van der Waals surface area contributed by atoms with Crippen molar-refractivity contribution in [1.82, 2.24) is 24.1 Å². The number of imidazole rings is 2. The number of hydrogen-bond donors (Lipinski definition) is 3. The maximum absolute atomic E-state index is 6.06. The van der Waals surface area contributed by atoms with E-state index in [9.17, 15) is 0 Å². The van der Waals surface area contributed by atoms with E-state index < -0.39 is 0 Å². The van der Waals surface area contributed by atoms with Crippen LogP contribution in [0.5, 0.6) is 0 Å². The minimum atomic E-state index is 0.318. The molecule has 0 atom stereocenters. The first-order valence-corrected chi connectivity index (χ1v) is 10.3. The Morgan fingerprint density at radius 3 is 2.57 bits per heavy atom. The summed E-state index contributed by atoms with van der Waals surface area (Å²) in [5.74, 6) is 1.81. The van der Waals surface area contributed by atoms with E-state index in [1.807, 2.05) is 42.2 Å². The molecule has 154 valence electrons. The minimum Gasteiger partial charge on any atom is -0.382 e. The number of nitrogens with zero attached hydrogens (tertiary/aromatic N) is 5. The molecule has 5 N–H and O–H groups in total. The van der Waals surface area contributed by atoms with Crippen LogP contribution in [0.25, 0.3) is 17.0 Å². The number of nitrogens with two attached hydrogens (primary N) is 2. The molecule has 30 heavy (non-hydrogen) atoms. The lowest BCUT2D eigenvalue weighted by Gasteiger charge is -2.24. The van der Waals surface area contributed by atoms with Crippen molar-refractivity contribution in [2.24, 2.45) is 12.8 Å². The van der Waals surface area contributed by atoms with Crippen molar-refractivity contribution in [3.05, 3.63) is 54.6 Å². The molecule has 0 aliphatic heterocycles. The zero-order valence-electron chi connectivity index (χ0n) is 17.0. The molecule has 4 aromatic rings. The smallest absolute Gasteiger partial charge is 0.177 e. The summed E-state index contributed by atoms with van der Waals surface area (Å²) in [5, 5.41) is 7.87. The first-order chi connectivity index (χ1) is 14.6. The van der Waals surface area contributed by atoms with Crippen LogP contribution in [0.3, 0.4) is 0 Å². The number of benzene rings is 1. The molecule has 1 aliphatic rings. The van der Waals surface area contributed by atoms with Crippen LogP contribution in [0.2, 0.25) is 0 Å². The third-order valence-corrected chi connectivity index (χ3v) is 5.90. The molecule has 8 nitrogen and oxygen atoms in total. The Morgan fingerprint density at radius 1 is 1.10 bits per heavy atom. The van der Waals surface area contributed by atoms with Crippen molar-refractivity contribution >= 4 is 22.8 Å². The number of aryl methyl sites for hydroxylation is 1. The Labute approximate surface area is 174 Å². The summed E-state index contributed by atoms with van der Waals surface area (Å²) in [6.07, 6.45) is 9.96. The molecule has 3 heterocycles. The van der Waals surface area contributed by atoms with Crippen molar-refractivity contribution in [1.29, 1.82) is 0 Å². The van der Waals surface area contributed by atoms with Crippen molar-refractivity contribution in [3.8, 4) is 11.4 Å². The zero-order chi connectivity index (χ0) is 20.7. The van der Waals surface area contributed by atoms with E-state index in [-0.39, 0.29) is 0 Å². The molecule has 5 rings (SSSR count). The third-order valence-electron chi connectivity index (χ3n) is 5.90. The SMILES string of the molecule is Cn1ccnc1-c1ccc(Nc2cc(N)nn3cc(C4CCC(N)CC4)nc23)cc1. The Hall–Kier alpha value is -3.39. The lowest BCUT2D eigenvalue weighted by Crippen LogP contribution is -2.25. The van der Waals surface area contributed by atoms with Gasteiger partial charge in [-0.05, 0) is 49.9 Å². The Bertz CT molecular complexity index is 1170. The highest BCUT2D eigenvalue weighted by Gasteiger charge is 2.23. The van der Waals surface area contributed by atoms with Gasteiger partial charge < -0.3 is 21.4 Å². The van der Waals surface area contributed by atoms with E-state index in [1.165, 1.54) is 0 Å². The van der Waals surface area contributed by atoms with Gasteiger partial charge in [-0.15, -0.1) is 5.10 Å². The normalized spacial score (nSPS) is 19.3. The summed E-state index contributed by atoms with van der Waals surface area (Å²) in [7, 11) is 1.99. The standard InChI is InChI=1S/C22H26N8/c1-29-11-10-25-21(29)15-4-8-17(9-5-15)26-18-12-20(24)28-30-13-19(27-22(18)30)14-2-6-16(23)7-3-14/h4-5,8-14,16,26H,2-3,6-7,23H2,1H3,(H2,24,28). The predicted octanol–water partition coefficient (Wildman–Crippen LogP) is 3.44. The fourth-order valence-electron chi connectivity index (χ4n) is 4.22. The molecule has 1 fully saturated rings. The van der Waals surface area contributed by atoms with Crippen molar-refractivity contribution < 1.29 is 0 Å². The summed E-state index contributed by atoms with van der Waals surface area (Å²) in [4.78, 5) is 9.30. The maximum atomic E-state index is 6.06. The number of aromatic nitrogens is 5. The van der Waals surface area contributed by atoms with Gasteiger partial charge in [-0.2, -0.15) is 0 Å². The average Bonchev–Trinajstić information content (AvgIpc) is 3.35. The molecule has 0 bridgehead atoms. The molecular formula is C22H26N8. The van der Waals surface area contributed by atoms with Crippen LogP contribution in [0.4, 0.5) is 17.2 Å². The first kappa shape index (κ1) is 18.6. The molecule has 0 unspecified atom stereocenters. The van der Waals surface area contributed by atoms with Crippen LogP contribution in [0.15, 0.2) is 48.9 Å². The van der Waals surface area contributed by atoms with Gasteiger partial charge in [0.25, 0.3) is 0 Å². The quantitative estimate of drug-likeness (QED) is 0.482. The number of hydrogen-bond acceptors (Lipinski definition) is 6. The van der Waals surface area contributed by atoms with E-state index in [0.29, 0.717) is 17.8 Å². The zero-order valence-corrected chi connectivity index (χ0v) is 17.0. The monoisotopic (exact) mass is 402 g/mol. The van der Waals surface area contributed by atoms with Crippen LogP contribution in [-0.2, 0) is 7.05 Å². The van der Waals surface area contributed by atoms with Gasteiger partial charge in [0.05, 0.1) is 17.6 Å². The summed E-state index contributed by atoms with van der Waals surface area (Å²) >= 11 is 0. The second kappa shape index (κ2) is 7.46. The molecule has 3 aromatic heterocycles. The lowest BCUT2D eigenvalue weighted by atomic mass is 9.85. The molecule has 1 aromatic carbocycles. The maximum Gasteiger partial charge on any atom is 0.177 e. The van der Waals surface area contributed by atoms with Crippen LogP contribution in [-0.4, -0.2) is 30.2 Å². The van der Waals surface area contributed by atoms with E-state index in [2.05, 4.69) is 27.5 Å². The van der Waals surface area contributed by atoms with Crippen LogP contribution >= 0.6 is 0 Å². The lowest BCUT2D eigenvalue weighted by molar-refractivity contribution is 0.391. The van der Waals surface area contributed by atoms with Gasteiger partial charge >= 0.3 is 0 Å². The van der Waals surface area contributed by atoms with Crippen LogP contribution in [0, 0.1) is 0 Å². The number of rotatable bonds is 4. The van der Waals surface area contributed by atoms with Crippen molar-refractivity contribution in [2.45, 2.75) is 37.6 Å². The largest absolute Gasteiger partial charge is 0.382 e. The topological polar surface area (TPSA) is 112 Å². The van der Waals surface area contributed by atoms with E-state index in [4.69, 9.17) is 16.5 Å². The molecule has 0 saturated heterocycles. The van der Waals surface area contributed by atoms with Gasteiger partial charge in [0.1, 0.15) is 11.6 Å². The second-order valence-electron chi connectivity index (χ2n) is 8.09. The Balaban J connectivity index is 1.43. The van der Waals surface area contributed by atoms with Gasteiger partial charge in [0.2, 0.25) is 0 Å². The van der Waals surface area contributed by atoms with Gasteiger partial charge in [0.15, 0.2) is 5.65 Å². The van der Waals surface area contributed by atoms with Gasteiger partial charge in [-0.3, -0.25) is 0 Å². The summed E-state index contributed by atoms with van der Waals surface area (Å²) in [6, 6.07) is 10.3. The molecular weight excluding hydrogens is 376 g/mol. The molecule has 0 radical (unpaired) electrons. The van der Waals surface area contributed by atoms with Gasteiger partial charge in [0, 0.05) is 48.7 Å². The summed E-state index contributed by atoms with van der Waals surface area (Å²) < 4.78 is 3.78. The Kier molecular flexibility index (Phi) is 4.63.